The number of aryl methyl sites for hydroxylation is 2. The number of tetrazole rings is 1. The molecule has 0 radical (unpaired) electrons. The molecule has 19 nitrogen and oxygen atoms in total. The number of likely N-dealkylation sites (tertiary alicyclic amines) is 1. The average molecular weight is 1180 g/mol. The molecule has 21 heteroatoms. The number of nitrogens with zero attached hydrogens (tertiary/aromatic N) is 9. The lowest BCUT2D eigenvalue weighted by Gasteiger charge is -2.31. The van der Waals surface area contributed by atoms with Crippen molar-refractivity contribution in [3.8, 4) is 11.5 Å². The molecule has 2 aliphatic heterocycles. The van der Waals surface area contributed by atoms with Crippen LogP contribution in [0.3, 0.4) is 0 Å². The third kappa shape index (κ3) is 15.8. The summed E-state index contributed by atoms with van der Waals surface area (Å²) in [6, 6.07) is 32.9. The van der Waals surface area contributed by atoms with Crippen molar-refractivity contribution in [1.82, 2.24) is 40.5 Å². The van der Waals surface area contributed by atoms with Crippen molar-refractivity contribution in [2.24, 2.45) is 23.5 Å². The zero-order valence-corrected chi connectivity index (χ0v) is 51.8. The molecule has 3 unspecified atom stereocenters. The monoisotopic (exact) mass is 1180 g/mol. The van der Waals surface area contributed by atoms with Gasteiger partial charge < -0.3 is 25.0 Å². The minimum absolute atomic E-state index is 0.0408. The molecule has 444 valence electrons. The number of carbonyl (C=O) groups is 5. The predicted octanol–water partition coefficient (Wildman–Crippen LogP) is 12.3. The van der Waals surface area contributed by atoms with E-state index in [0.717, 1.165) is 61.5 Å². The van der Waals surface area contributed by atoms with E-state index in [4.69, 9.17) is 26.2 Å². The van der Waals surface area contributed by atoms with Crippen LogP contribution in [0.2, 0.25) is 5.02 Å². The van der Waals surface area contributed by atoms with Crippen LogP contribution in [-0.2, 0) is 37.1 Å². The molecular formula is C63H77ClN12O7S. The number of nitrogens with one attached hydrogen (secondary N) is 3. The quantitative estimate of drug-likeness (QED) is 0.0437. The Kier molecular flexibility index (Phi) is 20.9. The second-order valence-electron chi connectivity index (χ2n) is 23.2. The number of anilines is 3. The maximum absolute atomic E-state index is 13.7. The average Bonchev–Trinajstić information content (AvgIpc) is 4.46. The summed E-state index contributed by atoms with van der Waals surface area (Å²) in [5.41, 5.74) is 6.34. The maximum Gasteiger partial charge on any atom is 0.343 e. The predicted molar refractivity (Wildman–Crippen MR) is 331 cm³/mol. The smallest absolute Gasteiger partial charge is 0.343 e. The van der Waals surface area contributed by atoms with E-state index in [1.165, 1.54) is 22.3 Å². The van der Waals surface area contributed by atoms with Gasteiger partial charge >= 0.3 is 5.97 Å². The molecular weight excluding hydrogens is 1100 g/mol. The highest BCUT2D eigenvalue weighted by molar-refractivity contribution is 8.01. The highest BCUT2D eigenvalue weighted by atomic mass is 35.5. The van der Waals surface area contributed by atoms with E-state index in [1.807, 2.05) is 44.2 Å². The summed E-state index contributed by atoms with van der Waals surface area (Å²) in [4.78, 5) is 65.4. The highest BCUT2D eigenvalue weighted by Gasteiger charge is 2.42. The largest absolute Gasteiger partial charge is 0.480 e. The Hall–Kier alpha value is -7.97. The van der Waals surface area contributed by atoms with Crippen molar-refractivity contribution in [3.63, 3.8) is 0 Å². The van der Waals surface area contributed by atoms with Gasteiger partial charge in [-0.05, 0) is 151 Å². The maximum atomic E-state index is 13.7. The van der Waals surface area contributed by atoms with Gasteiger partial charge in [0.15, 0.2) is 11.4 Å². The van der Waals surface area contributed by atoms with E-state index >= 15 is 0 Å². The van der Waals surface area contributed by atoms with Crippen molar-refractivity contribution in [2.45, 2.75) is 143 Å². The number of hydrazone groups is 1. The standard InChI is InChI=1S/C35H48N8O3S.C15H20ClNO2.C13H9N3O2/c1-9-27(46-28-19-14-23(34(4,5)10-2)22-26(28)35(6,7)11-3)31(44)36-24-15-17-25(18-16-24)43-32(45)29(47-33-37-39-40-41(33)8)30(38-43)42-20-12-13-21-42;1-9-6-7-11(16)12(8-9)17-14(19)10(2)13(18)15(3,4)5;17-13(18-10-4-2-1-3-5-10)9-6-7-11-12(8-9)15-16-14-11/h14-19,22,27,29H,9-13,20-21H2,1-8H3,(H,36,44);6-8,10H,1-5H3,(H,17,19);1-8H,(H,14,15,16). The fourth-order valence-corrected chi connectivity index (χ4v) is 10.2. The normalized spacial score (nSPS) is 15.0. The number of aromatic amines is 1. The first-order chi connectivity index (χ1) is 39.8. The molecule has 0 aliphatic carbocycles. The van der Waals surface area contributed by atoms with Crippen molar-refractivity contribution in [1.29, 1.82) is 0 Å². The molecule has 2 aliphatic rings. The summed E-state index contributed by atoms with van der Waals surface area (Å²) in [5.74, 6) is 0.0760. The summed E-state index contributed by atoms with van der Waals surface area (Å²) in [7, 11) is 1.75. The summed E-state index contributed by atoms with van der Waals surface area (Å²) in [6.07, 6.45) is 3.92. The molecule has 1 saturated heterocycles. The zero-order valence-electron chi connectivity index (χ0n) is 50.2. The molecule has 5 aromatic carbocycles. The molecule has 84 heavy (non-hydrogen) atoms. The first kappa shape index (κ1) is 63.6. The SMILES string of the molecule is CCC(Oc1ccc(C(C)(C)CC)cc1C(C)(C)CC)C(=O)Nc1ccc(N2N=C(N3CCCC3)C(Sc3nnnn3C)C2=O)cc1.Cc1ccc(Cl)c(NC(=O)C(C)C(=O)C(C)(C)C)c1.O=C(Oc1ccccc1)c1ccc2n[nH]nc2c1. The van der Waals surface area contributed by atoms with Gasteiger partial charge in [0.2, 0.25) is 11.1 Å². The number of carbonyl (C=O) groups excluding carboxylic acids is 5. The number of halogens is 1. The van der Waals surface area contributed by atoms with E-state index in [9.17, 15) is 24.0 Å². The molecule has 0 bridgehead atoms. The number of H-pyrrole nitrogens is 1. The van der Waals surface area contributed by atoms with Crippen LogP contribution in [0.25, 0.3) is 11.0 Å². The van der Waals surface area contributed by atoms with E-state index in [0.29, 0.717) is 56.0 Å². The molecule has 3 amide bonds. The van der Waals surface area contributed by atoms with Crippen molar-refractivity contribution < 1.29 is 33.4 Å². The van der Waals surface area contributed by atoms with Gasteiger partial charge in [0.05, 0.1) is 27.9 Å². The van der Waals surface area contributed by atoms with Crippen LogP contribution in [0.15, 0.2) is 119 Å². The fourth-order valence-electron chi connectivity index (χ4n) is 9.04. The number of ether oxygens (including phenoxy) is 2. The summed E-state index contributed by atoms with van der Waals surface area (Å²) >= 11 is 7.32. The van der Waals surface area contributed by atoms with Crippen molar-refractivity contribution in [2.75, 3.05) is 28.7 Å². The second-order valence-corrected chi connectivity index (χ2v) is 24.6. The Bertz CT molecular complexity index is 3480. The number of aromatic nitrogens is 7. The van der Waals surface area contributed by atoms with Gasteiger partial charge in [-0.3, -0.25) is 19.2 Å². The minimum atomic E-state index is -0.698. The number of hydrogen-bond acceptors (Lipinski definition) is 15. The lowest BCUT2D eigenvalue weighted by Crippen LogP contribution is -2.37. The molecule has 0 saturated carbocycles. The van der Waals surface area contributed by atoms with Gasteiger partial charge in [-0.25, -0.2) is 9.48 Å². The minimum Gasteiger partial charge on any atom is -0.480 e. The Labute approximate surface area is 501 Å². The van der Waals surface area contributed by atoms with Crippen LogP contribution in [-0.4, -0.2) is 100 Å². The van der Waals surface area contributed by atoms with Crippen LogP contribution >= 0.6 is 23.4 Å². The molecule has 0 spiro atoms. The molecule has 4 heterocycles. The number of para-hydroxylation sites is 1. The summed E-state index contributed by atoms with van der Waals surface area (Å²) in [5, 5.41) is 34.4. The second kappa shape index (κ2) is 27.6. The van der Waals surface area contributed by atoms with Crippen molar-refractivity contribution in [3.05, 3.63) is 136 Å². The van der Waals surface area contributed by atoms with E-state index in [2.05, 4.69) is 100 Å². The highest BCUT2D eigenvalue weighted by Crippen LogP contribution is 2.40. The number of rotatable bonds is 17. The first-order valence-electron chi connectivity index (χ1n) is 28.3. The number of benzene rings is 5. The zero-order chi connectivity index (χ0) is 61.1. The van der Waals surface area contributed by atoms with Crippen LogP contribution in [0.5, 0.6) is 11.5 Å². The Morgan fingerprint density at radius 2 is 1.48 bits per heavy atom. The fraction of sp³-hybridized carbons (Fsp3) is 0.413. The van der Waals surface area contributed by atoms with Crippen molar-refractivity contribution >= 4 is 86.8 Å². The molecule has 3 atom stereocenters. The van der Waals surface area contributed by atoms with Gasteiger partial charge in [-0.1, -0.05) is 129 Å². The van der Waals surface area contributed by atoms with E-state index in [-0.39, 0.29) is 34.3 Å². The Morgan fingerprint density at radius 1 is 0.798 bits per heavy atom. The Morgan fingerprint density at radius 3 is 2.11 bits per heavy atom. The number of ketones is 1. The van der Waals surface area contributed by atoms with Crippen LogP contribution in [0.4, 0.5) is 17.1 Å². The molecule has 3 N–H and O–H groups in total. The topological polar surface area (TPSA) is 232 Å². The molecule has 2 aromatic heterocycles. The van der Waals surface area contributed by atoms with Crippen LogP contribution < -0.4 is 25.1 Å². The number of amidine groups is 1. The van der Waals surface area contributed by atoms with E-state index in [1.54, 1.807) is 106 Å². The lowest BCUT2D eigenvalue weighted by atomic mass is 9.76. The van der Waals surface area contributed by atoms with Gasteiger partial charge in [0, 0.05) is 36.8 Å². The van der Waals surface area contributed by atoms with Gasteiger partial charge in [0.1, 0.15) is 34.2 Å². The third-order valence-corrected chi connectivity index (χ3v) is 16.6. The molecule has 9 rings (SSSR count). The number of Topliss-reactive ketones (excluding diaryl/α,β-unsaturated/α-hetero) is 1. The van der Waals surface area contributed by atoms with E-state index < -0.39 is 28.7 Å². The number of amides is 3. The molecule has 1 fully saturated rings. The van der Waals surface area contributed by atoms with Gasteiger partial charge in [0.25, 0.3) is 11.8 Å². The number of hydrogen-bond donors (Lipinski definition) is 3. The van der Waals surface area contributed by atoms with Crippen LogP contribution in [0.1, 0.15) is 135 Å². The summed E-state index contributed by atoms with van der Waals surface area (Å²) < 4.78 is 13.2. The van der Waals surface area contributed by atoms with Gasteiger partial charge in [-0.2, -0.15) is 25.5 Å². The number of thioether (sulfide) groups is 1. The Balaban J connectivity index is 0.000000222. The number of esters is 1. The third-order valence-electron chi connectivity index (χ3n) is 15.1. The van der Waals surface area contributed by atoms with Gasteiger partial charge in [-0.15, -0.1) is 5.10 Å². The number of fused-ring (bicyclic) bond motifs is 1. The van der Waals surface area contributed by atoms with Crippen LogP contribution in [0, 0.1) is 18.3 Å². The molecule has 7 aromatic rings. The summed E-state index contributed by atoms with van der Waals surface area (Å²) in [6.45, 7) is 25.9. The lowest BCUT2D eigenvalue weighted by molar-refractivity contribution is -0.135. The first-order valence-corrected chi connectivity index (χ1v) is 29.6.